The summed E-state index contributed by atoms with van der Waals surface area (Å²) in [7, 11) is 0. The van der Waals surface area contributed by atoms with E-state index in [-0.39, 0.29) is 5.92 Å². The summed E-state index contributed by atoms with van der Waals surface area (Å²) in [6.45, 7) is 4.83. The van der Waals surface area contributed by atoms with Crippen molar-refractivity contribution in [2.75, 3.05) is 44.3 Å². The van der Waals surface area contributed by atoms with E-state index in [4.69, 9.17) is 4.74 Å². The zero-order chi connectivity index (χ0) is 20.3. The number of aliphatic carboxylic acids is 1. The third-order valence-corrected chi connectivity index (χ3v) is 5.46. The lowest BCUT2D eigenvalue weighted by atomic mass is 9.98. The van der Waals surface area contributed by atoms with E-state index in [0.29, 0.717) is 13.2 Å². The second-order valence-electron chi connectivity index (χ2n) is 7.62. The number of anilines is 2. The van der Waals surface area contributed by atoms with E-state index in [0.717, 1.165) is 51.9 Å². The molecular weight excluding hydrogens is 364 g/mol. The Morgan fingerprint density at radius 1 is 1.00 bits per heavy atom. The minimum Gasteiger partial charge on any atom is -0.481 e. The van der Waals surface area contributed by atoms with Gasteiger partial charge in [0.25, 0.3) is 0 Å². The third kappa shape index (κ3) is 6.87. The number of carbonyl (C=O) groups is 1. The summed E-state index contributed by atoms with van der Waals surface area (Å²) in [4.78, 5) is 15.7. The predicted molar refractivity (Wildman–Crippen MR) is 117 cm³/mol. The Morgan fingerprint density at radius 3 is 2.28 bits per heavy atom. The molecule has 2 aromatic carbocycles. The van der Waals surface area contributed by atoms with E-state index >= 15 is 0 Å². The molecule has 0 radical (unpaired) electrons. The standard InChI is InChI=1S/C24H32N2O3/c27-24(28)21-10-9-15-25(20-21)17-19-29-18-8-7-16-26(22-11-3-1-4-12-22)23-13-5-2-6-14-23/h1-6,11-14,21H,7-10,15-20H2,(H,27,28). The van der Waals surface area contributed by atoms with Gasteiger partial charge < -0.3 is 19.6 Å². The maximum Gasteiger partial charge on any atom is 0.307 e. The van der Waals surface area contributed by atoms with Crippen molar-refractivity contribution >= 4 is 17.3 Å². The van der Waals surface area contributed by atoms with Gasteiger partial charge in [-0.2, -0.15) is 0 Å². The second-order valence-corrected chi connectivity index (χ2v) is 7.62. The molecule has 2 aromatic rings. The maximum absolute atomic E-state index is 11.1. The van der Waals surface area contributed by atoms with Gasteiger partial charge >= 0.3 is 5.97 Å². The van der Waals surface area contributed by atoms with Crippen molar-refractivity contribution in [3.05, 3.63) is 60.7 Å². The topological polar surface area (TPSA) is 53.0 Å². The van der Waals surface area contributed by atoms with Gasteiger partial charge in [-0.15, -0.1) is 0 Å². The zero-order valence-corrected chi connectivity index (χ0v) is 17.1. The highest BCUT2D eigenvalue weighted by Crippen LogP contribution is 2.25. The van der Waals surface area contributed by atoms with Crippen LogP contribution in [0, 0.1) is 5.92 Å². The molecule has 156 valence electrons. The van der Waals surface area contributed by atoms with Crippen molar-refractivity contribution in [1.82, 2.24) is 4.90 Å². The molecule has 0 amide bonds. The van der Waals surface area contributed by atoms with E-state index in [2.05, 4.69) is 58.3 Å². The molecule has 1 saturated heterocycles. The summed E-state index contributed by atoms with van der Waals surface area (Å²) < 4.78 is 5.82. The van der Waals surface area contributed by atoms with Gasteiger partial charge in [-0.3, -0.25) is 4.79 Å². The van der Waals surface area contributed by atoms with Crippen molar-refractivity contribution in [3.8, 4) is 0 Å². The molecule has 0 aromatic heterocycles. The van der Waals surface area contributed by atoms with E-state index in [1.807, 2.05) is 12.1 Å². The van der Waals surface area contributed by atoms with Crippen molar-refractivity contribution in [1.29, 1.82) is 0 Å². The summed E-state index contributed by atoms with van der Waals surface area (Å²) in [6, 6.07) is 21.0. The van der Waals surface area contributed by atoms with Crippen molar-refractivity contribution < 1.29 is 14.6 Å². The lowest BCUT2D eigenvalue weighted by Crippen LogP contribution is -2.40. The monoisotopic (exact) mass is 396 g/mol. The fourth-order valence-electron chi connectivity index (χ4n) is 3.85. The van der Waals surface area contributed by atoms with Crippen LogP contribution < -0.4 is 4.90 Å². The molecule has 3 rings (SSSR count). The van der Waals surface area contributed by atoms with Gasteiger partial charge in [0.1, 0.15) is 0 Å². The van der Waals surface area contributed by atoms with Crippen LogP contribution in [0.15, 0.2) is 60.7 Å². The first-order valence-corrected chi connectivity index (χ1v) is 10.6. The largest absolute Gasteiger partial charge is 0.481 e. The van der Waals surface area contributed by atoms with Crippen molar-refractivity contribution in [3.63, 3.8) is 0 Å². The molecule has 0 bridgehead atoms. The first-order chi connectivity index (χ1) is 14.2. The van der Waals surface area contributed by atoms with E-state index in [1.165, 1.54) is 11.4 Å². The highest BCUT2D eigenvalue weighted by Gasteiger charge is 2.24. The first-order valence-electron chi connectivity index (χ1n) is 10.6. The highest BCUT2D eigenvalue weighted by molar-refractivity contribution is 5.70. The van der Waals surface area contributed by atoms with Gasteiger partial charge in [-0.05, 0) is 56.5 Å². The Balaban J connectivity index is 1.36. The zero-order valence-electron chi connectivity index (χ0n) is 17.1. The molecule has 1 unspecified atom stereocenters. The van der Waals surface area contributed by atoms with Crippen LogP contribution in [0.5, 0.6) is 0 Å². The van der Waals surface area contributed by atoms with Gasteiger partial charge in [0.2, 0.25) is 0 Å². The number of carboxylic acids is 1. The molecule has 1 heterocycles. The van der Waals surface area contributed by atoms with E-state index in [1.54, 1.807) is 0 Å². The highest BCUT2D eigenvalue weighted by atomic mass is 16.5. The molecule has 0 saturated carbocycles. The first kappa shape index (κ1) is 21.3. The van der Waals surface area contributed by atoms with Gasteiger partial charge in [-0.1, -0.05) is 36.4 Å². The quantitative estimate of drug-likeness (QED) is 0.570. The lowest BCUT2D eigenvalue weighted by Gasteiger charge is -2.30. The molecule has 1 atom stereocenters. The maximum atomic E-state index is 11.1. The average molecular weight is 397 g/mol. The predicted octanol–water partition coefficient (Wildman–Crippen LogP) is 4.42. The molecular formula is C24H32N2O3. The number of hydrogen-bond acceptors (Lipinski definition) is 4. The Hall–Kier alpha value is -2.37. The summed E-state index contributed by atoms with van der Waals surface area (Å²) >= 11 is 0. The second kappa shape index (κ2) is 11.6. The fourth-order valence-corrected chi connectivity index (χ4v) is 3.85. The van der Waals surface area contributed by atoms with Crippen LogP contribution in [-0.4, -0.2) is 55.4 Å². The number of benzene rings is 2. The minimum absolute atomic E-state index is 0.217. The van der Waals surface area contributed by atoms with Crippen LogP contribution >= 0.6 is 0 Å². The minimum atomic E-state index is -0.669. The molecule has 1 aliphatic rings. The number of carboxylic acid groups (broad SMARTS) is 1. The lowest BCUT2D eigenvalue weighted by molar-refractivity contribution is -0.143. The molecule has 1 N–H and O–H groups in total. The van der Waals surface area contributed by atoms with Crippen LogP contribution in [0.3, 0.4) is 0 Å². The molecule has 5 heteroatoms. The normalized spacial score (nSPS) is 17.2. The summed E-state index contributed by atoms with van der Waals surface area (Å²) in [5, 5.41) is 9.17. The Kier molecular flexibility index (Phi) is 8.53. The van der Waals surface area contributed by atoms with Crippen LogP contribution in [0.1, 0.15) is 25.7 Å². The Morgan fingerprint density at radius 2 is 1.66 bits per heavy atom. The number of nitrogens with zero attached hydrogens (tertiary/aromatic N) is 2. The van der Waals surface area contributed by atoms with Gasteiger partial charge in [0.05, 0.1) is 12.5 Å². The molecule has 29 heavy (non-hydrogen) atoms. The number of ether oxygens (including phenoxy) is 1. The van der Waals surface area contributed by atoms with Crippen LogP contribution in [0.4, 0.5) is 11.4 Å². The summed E-state index contributed by atoms with van der Waals surface area (Å²) in [6.07, 6.45) is 3.82. The fraction of sp³-hybridized carbons (Fsp3) is 0.458. The van der Waals surface area contributed by atoms with E-state index < -0.39 is 5.97 Å². The smallest absolute Gasteiger partial charge is 0.307 e. The summed E-state index contributed by atoms with van der Waals surface area (Å²) in [5.74, 6) is -0.886. The molecule has 1 fully saturated rings. The van der Waals surface area contributed by atoms with Crippen molar-refractivity contribution in [2.45, 2.75) is 25.7 Å². The van der Waals surface area contributed by atoms with Crippen LogP contribution in [-0.2, 0) is 9.53 Å². The van der Waals surface area contributed by atoms with Crippen LogP contribution in [0.2, 0.25) is 0 Å². The number of unbranched alkanes of at least 4 members (excludes halogenated alkanes) is 1. The SMILES string of the molecule is O=C(O)C1CCCN(CCOCCCCN(c2ccccc2)c2ccccc2)C1. The number of piperidine rings is 1. The number of rotatable bonds is 11. The van der Waals surface area contributed by atoms with Gasteiger partial charge in [-0.25, -0.2) is 0 Å². The Bertz CT molecular complexity index is 684. The van der Waals surface area contributed by atoms with E-state index in [9.17, 15) is 9.90 Å². The van der Waals surface area contributed by atoms with Gasteiger partial charge in [0, 0.05) is 37.6 Å². The average Bonchev–Trinajstić information content (AvgIpc) is 2.77. The third-order valence-electron chi connectivity index (χ3n) is 5.46. The number of hydrogen-bond donors (Lipinski definition) is 1. The number of para-hydroxylation sites is 2. The summed E-state index contributed by atoms with van der Waals surface area (Å²) in [5.41, 5.74) is 2.41. The van der Waals surface area contributed by atoms with Crippen LogP contribution in [0.25, 0.3) is 0 Å². The van der Waals surface area contributed by atoms with Crippen molar-refractivity contribution in [2.24, 2.45) is 5.92 Å². The Labute approximate surface area is 173 Å². The molecule has 5 nitrogen and oxygen atoms in total. The molecule has 1 aliphatic heterocycles. The molecule has 0 spiro atoms. The molecule has 0 aliphatic carbocycles. The number of likely N-dealkylation sites (tertiary alicyclic amines) is 1. The van der Waals surface area contributed by atoms with Gasteiger partial charge in [0.15, 0.2) is 0 Å².